The molecule has 0 saturated carbocycles. The van der Waals surface area contributed by atoms with Crippen LogP contribution in [0.1, 0.15) is 41.5 Å². The average Bonchev–Trinajstić information content (AvgIpc) is 3.40. The highest BCUT2D eigenvalue weighted by atomic mass is 32.2. The minimum Gasteiger partial charge on any atom is -0.305 e. The van der Waals surface area contributed by atoms with E-state index in [9.17, 15) is 9.00 Å². The number of fused-ring (bicyclic) bond motifs is 3. The van der Waals surface area contributed by atoms with Crippen LogP contribution in [0.5, 0.6) is 0 Å². The lowest BCUT2D eigenvalue weighted by molar-refractivity contribution is 0.260. The van der Waals surface area contributed by atoms with Crippen LogP contribution >= 0.6 is 11.8 Å². The van der Waals surface area contributed by atoms with Crippen molar-refractivity contribution in [2.75, 3.05) is 11.1 Å². The van der Waals surface area contributed by atoms with Crippen LogP contribution in [0.25, 0.3) is 0 Å². The smallest absolute Gasteiger partial charge is 0.305 e. The Morgan fingerprint density at radius 2 is 1.89 bits per heavy atom. The number of nitrogens with zero attached hydrogens (tertiary/aromatic N) is 3. The largest absolute Gasteiger partial charge is 0.353 e. The van der Waals surface area contributed by atoms with E-state index in [1.165, 1.54) is 22.3 Å². The zero-order valence-corrected chi connectivity index (χ0v) is 16.7. The summed E-state index contributed by atoms with van der Waals surface area (Å²) in [5, 5.41) is 8.17. The quantitative estimate of drug-likeness (QED) is 0.753. The molecule has 27 heavy (non-hydrogen) atoms. The first-order valence-corrected chi connectivity index (χ1v) is 11.8. The lowest BCUT2D eigenvalue weighted by Crippen LogP contribution is -2.12. The maximum Gasteiger partial charge on any atom is 0.353 e. The van der Waals surface area contributed by atoms with Gasteiger partial charge in [0.25, 0.3) is 0 Å². The van der Waals surface area contributed by atoms with E-state index in [1.807, 2.05) is 4.68 Å². The number of aromatic nitrogens is 2. The van der Waals surface area contributed by atoms with Gasteiger partial charge in [0.2, 0.25) is 0 Å². The van der Waals surface area contributed by atoms with E-state index in [2.05, 4.69) is 20.8 Å². The monoisotopic (exact) mass is 402 g/mol. The number of thiol groups is 1. The number of hydrogen-bond donors (Lipinski definition) is 2. The molecule has 142 valence electrons. The number of thioether (sulfide) groups is 1. The van der Waals surface area contributed by atoms with Gasteiger partial charge in [-0.25, -0.2) is 9.00 Å². The van der Waals surface area contributed by atoms with E-state index in [0.29, 0.717) is 4.90 Å². The number of rotatable bonds is 2. The van der Waals surface area contributed by atoms with Gasteiger partial charge in [-0.3, -0.25) is 4.68 Å². The van der Waals surface area contributed by atoms with Crippen molar-refractivity contribution in [1.29, 1.82) is 0 Å². The Balaban J connectivity index is 1.44. The molecule has 0 spiro atoms. The summed E-state index contributed by atoms with van der Waals surface area (Å²) in [5.74, 6) is 0.982. The summed E-state index contributed by atoms with van der Waals surface area (Å²) in [6.45, 7) is 0.833. The number of aryl methyl sites for hydroxylation is 3. The molecule has 0 fully saturated rings. The van der Waals surface area contributed by atoms with E-state index in [4.69, 9.17) is 0 Å². The molecule has 1 aromatic carbocycles. The van der Waals surface area contributed by atoms with Gasteiger partial charge in [0.15, 0.2) is 0 Å². The molecule has 2 aliphatic carbocycles. The molecule has 1 unspecified atom stereocenters. The molecule has 3 aliphatic rings. The van der Waals surface area contributed by atoms with Gasteiger partial charge in [0.05, 0.1) is 21.7 Å². The van der Waals surface area contributed by atoms with Gasteiger partial charge in [-0.1, -0.05) is 6.07 Å². The van der Waals surface area contributed by atoms with Gasteiger partial charge in [-0.15, -0.1) is 16.1 Å². The molecule has 1 aliphatic heterocycles. The summed E-state index contributed by atoms with van der Waals surface area (Å²) in [5.41, 5.74) is 6.18. The number of carbonyl (C=O) groups excluding carboxylic acids is 1. The molecule has 0 radical (unpaired) electrons. The van der Waals surface area contributed by atoms with Crippen LogP contribution in [0, 0.1) is 0 Å². The Morgan fingerprint density at radius 1 is 1.15 bits per heavy atom. The van der Waals surface area contributed by atoms with Crippen molar-refractivity contribution in [2.24, 2.45) is 4.36 Å². The summed E-state index contributed by atoms with van der Waals surface area (Å²) >= 11 is 1.64. The lowest BCUT2D eigenvalue weighted by Gasteiger charge is -2.15. The number of anilines is 1. The van der Waals surface area contributed by atoms with Crippen molar-refractivity contribution in [3.8, 4) is 0 Å². The van der Waals surface area contributed by atoms with Crippen LogP contribution in [0.3, 0.4) is 0 Å². The second-order valence-corrected chi connectivity index (χ2v) is 9.61. The van der Waals surface area contributed by atoms with Crippen LogP contribution in [0.15, 0.2) is 26.5 Å². The third kappa shape index (κ3) is 3.08. The fraction of sp³-hybridized carbons (Fsp3) is 0.474. The topological polar surface area (TPSA) is 76.3 Å². The molecule has 6 nitrogen and oxygen atoms in total. The van der Waals surface area contributed by atoms with E-state index in [0.717, 1.165) is 68.0 Å². The van der Waals surface area contributed by atoms with Gasteiger partial charge in [-0.05, 0) is 67.2 Å². The van der Waals surface area contributed by atoms with Crippen molar-refractivity contribution in [3.05, 3.63) is 34.5 Å². The maximum absolute atomic E-state index is 12.7. The predicted molar refractivity (Wildman–Crippen MR) is 107 cm³/mol. The summed E-state index contributed by atoms with van der Waals surface area (Å²) < 4.78 is 18.5. The lowest BCUT2D eigenvalue weighted by atomic mass is 9.99. The molecule has 2 heterocycles. The zero-order valence-electron chi connectivity index (χ0n) is 15.0. The first kappa shape index (κ1) is 17.3. The van der Waals surface area contributed by atoms with Gasteiger partial charge in [0, 0.05) is 18.0 Å². The molecule has 0 saturated heterocycles. The fourth-order valence-electron chi connectivity index (χ4n) is 4.42. The highest BCUT2D eigenvalue weighted by Gasteiger charge is 2.25. The van der Waals surface area contributed by atoms with Gasteiger partial charge in [-0.2, -0.15) is 5.10 Å². The Morgan fingerprint density at radius 3 is 2.63 bits per heavy atom. The molecular weight excluding hydrogens is 380 g/mol. The summed E-state index contributed by atoms with van der Waals surface area (Å²) in [4.78, 5) is 13.2. The number of hydrogen-bond acceptors (Lipinski definition) is 4. The second-order valence-electron chi connectivity index (χ2n) is 7.30. The summed E-state index contributed by atoms with van der Waals surface area (Å²) in [6.07, 6.45) is 9.07. The third-order valence-corrected chi connectivity index (χ3v) is 8.07. The number of nitrogens with one attached hydrogen (secondary N) is 1. The molecular formula is C19H22N4O2S2. The first-order chi connectivity index (χ1) is 13.2. The summed E-state index contributed by atoms with van der Waals surface area (Å²) in [7, 11) is -2.14. The van der Waals surface area contributed by atoms with E-state index in [-0.39, 0.29) is 0 Å². The van der Waals surface area contributed by atoms with E-state index < -0.39 is 16.6 Å². The summed E-state index contributed by atoms with van der Waals surface area (Å²) in [6, 6.07) is 1.82. The van der Waals surface area contributed by atoms with Crippen molar-refractivity contribution >= 4 is 34.1 Å². The first-order valence-electron chi connectivity index (χ1n) is 9.55. The van der Waals surface area contributed by atoms with Gasteiger partial charge in [0.1, 0.15) is 5.03 Å². The van der Waals surface area contributed by atoms with E-state index >= 15 is 0 Å². The molecule has 8 heteroatoms. The molecule has 1 aromatic heterocycles. The molecule has 1 N–H and O–H groups in total. The minimum atomic E-state index is -2.14. The molecule has 2 amide bonds. The Labute approximate surface area is 164 Å². The van der Waals surface area contributed by atoms with Crippen LogP contribution < -0.4 is 5.32 Å². The van der Waals surface area contributed by atoms with Crippen molar-refractivity contribution in [1.82, 2.24) is 9.78 Å². The van der Waals surface area contributed by atoms with Crippen molar-refractivity contribution in [2.45, 2.75) is 61.4 Å². The highest BCUT2D eigenvalue weighted by molar-refractivity contribution is 7.99. The normalized spacial score (nSPS) is 18.8. The van der Waals surface area contributed by atoms with Gasteiger partial charge >= 0.3 is 6.03 Å². The zero-order chi connectivity index (χ0) is 18.4. The highest BCUT2D eigenvalue weighted by Crippen LogP contribution is 2.38. The number of carbonyl (C=O) groups is 1. The third-order valence-electron chi connectivity index (χ3n) is 5.62. The number of amides is 2. The Kier molecular flexibility index (Phi) is 4.47. The standard InChI is InChI=1S/C19H22N4O2S2/c24-19(22-27(25)16-11-20-23-8-3-9-26-18(16)23)21-17-14-6-1-4-12(14)10-13-5-2-7-15(13)17/h10-11,27H,1-9H2,(H,21,24). The Hall–Kier alpha value is -1.80. The number of urea groups is 1. The predicted octanol–water partition coefficient (Wildman–Crippen LogP) is 3.61. The van der Waals surface area contributed by atoms with E-state index in [1.54, 1.807) is 18.0 Å². The fourth-order valence-corrected chi connectivity index (χ4v) is 6.56. The SMILES string of the molecule is O=C(/N=[SH](=O)/c1cnn2c1SCCC2)Nc1c2c(cc3c1CCC3)CCC2. The maximum atomic E-state index is 12.7. The van der Waals surface area contributed by atoms with Crippen molar-refractivity contribution in [3.63, 3.8) is 0 Å². The van der Waals surface area contributed by atoms with Gasteiger partial charge < -0.3 is 5.32 Å². The van der Waals surface area contributed by atoms with Crippen LogP contribution in [-0.2, 0) is 42.8 Å². The molecule has 2 aromatic rings. The molecule has 5 rings (SSSR count). The van der Waals surface area contributed by atoms with Crippen LogP contribution in [0.4, 0.5) is 10.5 Å². The minimum absolute atomic E-state index is 0.508. The number of benzene rings is 1. The molecule has 1 atom stereocenters. The average molecular weight is 403 g/mol. The Bertz CT molecular complexity index is 989. The van der Waals surface area contributed by atoms with Crippen LogP contribution in [-0.4, -0.2) is 25.8 Å². The van der Waals surface area contributed by atoms with Crippen LogP contribution in [0.2, 0.25) is 0 Å². The van der Waals surface area contributed by atoms with Crippen molar-refractivity contribution < 1.29 is 9.00 Å². The second kappa shape index (κ2) is 6.98. The molecule has 0 bridgehead atoms.